The lowest BCUT2D eigenvalue weighted by atomic mass is 10.1. The molecule has 5 nitrogen and oxygen atoms in total. The van der Waals surface area contributed by atoms with E-state index in [0.29, 0.717) is 17.3 Å². The third kappa shape index (κ3) is 6.24. The maximum Gasteiger partial charge on any atom is 0.261 e. The molecular weight excluding hydrogens is 424 g/mol. The van der Waals surface area contributed by atoms with Crippen LogP contribution in [-0.2, 0) is 16.1 Å². The van der Waals surface area contributed by atoms with E-state index in [1.807, 2.05) is 54.6 Å². The number of benzene rings is 3. The van der Waals surface area contributed by atoms with Gasteiger partial charge in [0.2, 0.25) is 5.91 Å². The monoisotopic (exact) mass is 452 g/mol. The number of nitrogens with one attached hydrogen (secondary N) is 1. The number of unbranched alkanes of at least 4 members (excludes halogenated alkanes) is 1. The van der Waals surface area contributed by atoms with Crippen LogP contribution >= 0.6 is 11.6 Å². The molecular formula is C26H29ClN2O3. The van der Waals surface area contributed by atoms with E-state index in [0.717, 1.165) is 29.2 Å². The van der Waals surface area contributed by atoms with Crippen molar-refractivity contribution in [2.75, 3.05) is 13.2 Å². The van der Waals surface area contributed by atoms with Crippen LogP contribution in [0.15, 0.2) is 66.7 Å². The first-order chi connectivity index (χ1) is 15.5. The van der Waals surface area contributed by atoms with Crippen LogP contribution in [0, 0.1) is 0 Å². The van der Waals surface area contributed by atoms with Crippen LogP contribution < -0.4 is 10.1 Å². The smallest absolute Gasteiger partial charge is 0.261 e. The van der Waals surface area contributed by atoms with Gasteiger partial charge in [0.05, 0.1) is 0 Å². The normalized spacial score (nSPS) is 11.7. The number of rotatable bonds is 10. The number of carbonyl (C=O) groups is 2. The Morgan fingerprint density at radius 2 is 1.81 bits per heavy atom. The van der Waals surface area contributed by atoms with E-state index in [1.165, 1.54) is 4.90 Å². The molecule has 6 heteroatoms. The van der Waals surface area contributed by atoms with Crippen molar-refractivity contribution in [1.82, 2.24) is 10.2 Å². The Balaban J connectivity index is 1.76. The van der Waals surface area contributed by atoms with Gasteiger partial charge in [-0.1, -0.05) is 73.5 Å². The summed E-state index contributed by atoms with van der Waals surface area (Å²) in [5.74, 6) is 0.189. The largest absolute Gasteiger partial charge is 0.483 e. The summed E-state index contributed by atoms with van der Waals surface area (Å²) in [6.45, 7) is 4.49. The number of hydrogen-bond donors (Lipinski definition) is 1. The number of amides is 2. The summed E-state index contributed by atoms with van der Waals surface area (Å²) in [5.41, 5.74) is 0.851. The van der Waals surface area contributed by atoms with Crippen LogP contribution in [0.1, 0.15) is 32.3 Å². The average Bonchev–Trinajstić information content (AvgIpc) is 2.80. The maximum absolute atomic E-state index is 13.2. The molecule has 0 saturated carbocycles. The van der Waals surface area contributed by atoms with E-state index in [2.05, 4.69) is 12.2 Å². The van der Waals surface area contributed by atoms with Crippen LogP contribution in [0.3, 0.4) is 0 Å². The number of ether oxygens (including phenoxy) is 1. The topological polar surface area (TPSA) is 58.6 Å². The summed E-state index contributed by atoms with van der Waals surface area (Å²) < 4.78 is 5.90. The Morgan fingerprint density at radius 1 is 1.06 bits per heavy atom. The first kappa shape index (κ1) is 23.6. The Labute approximate surface area is 194 Å². The van der Waals surface area contributed by atoms with E-state index < -0.39 is 6.04 Å². The molecule has 1 N–H and O–H groups in total. The Hall–Kier alpha value is -3.05. The van der Waals surface area contributed by atoms with Crippen molar-refractivity contribution in [3.8, 4) is 5.75 Å². The summed E-state index contributed by atoms with van der Waals surface area (Å²) >= 11 is 6.12. The fraction of sp³-hybridized carbons (Fsp3) is 0.308. The number of nitrogens with zero attached hydrogens (tertiary/aromatic N) is 1. The van der Waals surface area contributed by atoms with Crippen molar-refractivity contribution in [3.63, 3.8) is 0 Å². The number of carbonyl (C=O) groups excluding carboxylic acids is 2. The van der Waals surface area contributed by atoms with Gasteiger partial charge < -0.3 is 15.0 Å². The highest BCUT2D eigenvalue weighted by Gasteiger charge is 2.26. The second-order valence-corrected chi connectivity index (χ2v) is 8.17. The van der Waals surface area contributed by atoms with Crippen LogP contribution in [0.25, 0.3) is 10.8 Å². The van der Waals surface area contributed by atoms with Gasteiger partial charge in [-0.15, -0.1) is 0 Å². The zero-order valence-corrected chi connectivity index (χ0v) is 19.3. The van der Waals surface area contributed by atoms with Gasteiger partial charge in [0.15, 0.2) is 6.61 Å². The Morgan fingerprint density at radius 3 is 2.59 bits per heavy atom. The molecule has 1 unspecified atom stereocenters. The molecule has 0 aliphatic heterocycles. The van der Waals surface area contributed by atoms with E-state index >= 15 is 0 Å². The molecule has 0 aliphatic carbocycles. The van der Waals surface area contributed by atoms with Gasteiger partial charge in [-0.3, -0.25) is 9.59 Å². The second kappa shape index (κ2) is 11.5. The molecule has 3 aromatic carbocycles. The van der Waals surface area contributed by atoms with Gasteiger partial charge in [-0.25, -0.2) is 0 Å². The first-order valence-electron chi connectivity index (χ1n) is 10.9. The minimum Gasteiger partial charge on any atom is -0.483 e. The van der Waals surface area contributed by atoms with Crippen molar-refractivity contribution in [3.05, 3.63) is 77.3 Å². The zero-order valence-electron chi connectivity index (χ0n) is 18.5. The van der Waals surface area contributed by atoms with Crippen molar-refractivity contribution in [2.24, 2.45) is 0 Å². The Bertz CT molecular complexity index is 1060. The van der Waals surface area contributed by atoms with Crippen molar-refractivity contribution < 1.29 is 14.3 Å². The highest BCUT2D eigenvalue weighted by atomic mass is 35.5. The summed E-state index contributed by atoms with van der Waals surface area (Å²) in [5, 5.41) is 5.48. The van der Waals surface area contributed by atoms with Gasteiger partial charge >= 0.3 is 0 Å². The lowest BCUT2D eigenvalue weighted by Crippen LogP contribution is -2.49. The number of halogens is 1. The molecule has 0 fully saturated rings. The van der Waals surface area contributed by atoms with Crippen LogP contribution in [0.4, 0.5) is 0 Å². The SMILES string of the molecule is CCCCNC(=O)C(C)N(Cc1cccc(Cl)c1)C(=O)COc1cccc2ccccc12. The minimum absolute atomic E-state index is 0.166. The highest BCUT2D eigenvalue weighted by molar-refractivity contribution is 6.30. The molecule has 3 rings (SSSR count). The molecule has 0 heterocycles. The van der Waals surface area contributed by atoms with Gasteiger partial charge in [0.1, 0.15) is 11.8 Å². The molecule has 32 heavy (non-hydrogen) atoms. The van der Waals surface area contributed by atoms with E-state index in [1.54, 1.807) is 19.1 Å². The first-order valence-corrected chi connectivity index (χ1v) is 11.3. The van der Waals surface area contributed by atoms with Crippen LogP contribution in [-0.4, -0.2) is 35.9 Å². The number of fused-ring (bicyclic) bond motifs is 1. The molecule has 168 valence electrons. The number of hydrogen-bond acceptors (Lipinski definition) is 3. The third-order valence-corrected chi connectivity index (χ3v) is 5.57. The van der Waals surface area contributed by atoms with Gasteiger partial charge in [0, 0.05) is 23.5 Å². The molecule has 0 bridgehead atoms. The molecule has 2 amide bonds. The molecule has 0 spiro atoms. The van der Waals surface area contributed by atoms with E-state index in [9.17, 15) is 9.59 Å². The molecule has 3 aromatic rings. The molecule has 0 aliphatic rings. The Kier molecular flexibility index (Phi) is 8.51. The lowest BCUT2D eigenvalue weighted by Gasteiger charge is -2.29. The summed E-state index contributed by atoms with van der Waals surface area (Å²) in [7, 11) is 0. The van der Waals surface area contributed by atoms with Crippen LogP contribution in [0.5, 0.6) is 5.75 Å². The van der Waals surface area contributed by atoms with Crippen molar-refractivity contribution in [1.29, 1.82) is 0 Å². The molecule has 0 radical (unpaired) electrons. The van der Waals surface area contributed by atoms with Gasteiger partial charge in [-0.05, 0) is 42.5 Å². The van der Waals surface area contributed by atoms with Crippen LogP contribution in [0.2, 0.25) is 5.02 Å². The average molecular weight is 453 g/mol. The second-order valence-electron chi connectivity index (χ2n) is 7.74. The predicted molar refractivity (Wildman–Crippen MR) is 129 cm³/mol. The quantitative estimate of drug-likeness (QED) is 0.430. The lowest BCUT2D eigenvalue weighted by molar-refractivity contribution is -0.142. The fourth-order valence-corrected chi connectivity index (χ4v) is 3.71. The fourth-order valence-electron chi connectivity index (χ4n) is 3.49. The summed E-state index contributed by atoms with van der Waals surface area (Å²) in [6.07, 6.45) is 1.88. The third-order valence-electron chi connectivity index (χ3n) is 5.34. The summed E-state index contributed by atoms with van der Waals surface area (Å²) in [6, 6.07) is 20.3. The van der Waals surface area contributed by atoms with Crippen molar-refractivity contribution >= 4 is 34.2 Å². The van der Waals surface area contributed by atoms with E-state index in [4.69, 9.17) is 16.3 Å². The maximum atomic E-state index is 13.2. The molecule has 1 atom stereocenters. The highest BCUT2D eigenvalue weighted by Crippen LogP contribution is 2.25. The molecule has 0 saturated heterocycles. The van der Waals surface area contributed by atoms with Crippen molar-refractivity contribution in [2.45, 2.75) is 39.3 Å². The van der Waals surface area contributed by atoms with Gasteiger partial charge in [-0.2, -0.15) is 0 Å². The minimum atomic E-state index is -0.644. The van der Waals surface area contributed by atoms with E-state index in [-0.39, 0.29) is 25.0 Å². The summed E-state index contributed by atoms with van der Waals surface area (Å²) in [4.78, 5) is 27.4. The van der Waals surface area contributed by atoms with Gasteiger partial charge in [0.25, 0.3) is 5.91 Å². The standard InChI is InChI=1S/C26H29ClN2O3/c1-3-4-15-28-26(31)19(2)29(17-20-9-7-12-22(27)16-20)25(30)18-32-24-14-8-11-21-10-5-6-13-23(21)24/h5-14,16,19H,3-4,15,17-18H2,1-2H3,(H,28,31). The zero-order chi connectivity index (χ0) is 22.9. The predicted octanol–water partition coefficient (Wildman–Crippen LogP) is 5.21. The molecule has 0 aromatic heterocycles.